The number of carbonyl (C=O) groups excluding carboxylic acids is 1. The Morgan fingerprint density at radius 2 is 1.90 bits per heavy atom. The number of rotatable bonds is 4. The van der Waals surface area contributed by atoms with Gasteiger partial charge in [-0.25, -0.2) is 0 Å². The largest absolute Gasteiger partial charge is 0.490 e. The average molecular weight is 446 g/mol. The molecule has 0 saturated carbocycles. The predicted octanol–water partition coefficient (Wildman–Crippen LogP) is 5.05. The van der Waals surface area contributed by atoms with Crippen LogP contribution in [0.1, 0.15) is 35.3 Å². The summed E-state index contributed by atoms with van der Waals surface area (Å²) < 4.78 is 13.1. The second kappa shape index (κ2) is 8.58. The van der Waals surface area contributed by atoms with Crippen LogP contribution in [0.4, 0.5) is 0 Å². The smallest absolute Gasteiger partial charge is 0.255 e. The number of aryl methyl sites for hydroxylation is 1. The molecular weight excluding hydrogens is 425 g/mol. The Hall–Kier alpha value is -2.70. The van der Waals surface area contributed by atoms with E-state index in [1.54, 1.807) is 30.1 Å². The monoisotopic (exact) mass is 445 g/mol. The number of carbonyl (C=O) groups is 1. The number of hydrogen-bond acceptors (Lipinski definition) is 4. The summed E-state index contributed by atoms with van der Waals surface area (Å²) in [6.07, 6.45) is 2.52. The minimum Gasteiger partial charge on any atom is -0.490 e. The fraction of sp³-hybridized carbons (Fsp3) is 0.273. The third kappa shape index (κ3) is 4.25. The highest BCUT2D eigenvalue weighted by atomic mass is 35.5. The van der Waals surface area contributed by atoms with E-state index in [9.17, 15) is 4.79 Å². The molecule has 2 aromatic carbocycles. The van der Waals surface area contributed by atoms with Crippen molar-refractivity contribution in [2.75, 3.05) is 13.2 Å². The minimum atomic E-state index is -0.306. The van der Waals surface area contributed by atoms with E-state index in [1.807, 2.05) is 31.2 Å². The zero-order chi connectivity index (χ0) is 21.3. The highest BCUT2D eigenvalue weighted by molar-refractivity contribution is 6.35. The van der Waals surface area contributed by atoms with Crippen molar-refractivity contribution < 1.29 is 14.3 Å². The van der Waals surface area contributed by atoms with Gasteiger partial charge >= 0.3 is 0 Å². The first-order valence-electron chi connectivity index (χ1n) is 9.62. The zero-order valence-corrected chi connectivity index (χ0v) is 18.1. The summed E-state index contributed by atoms with van der Waals surface area (Å²) in [6.45, 7) is 3.08. The van der Waals surface area contributed by atoms with Gasteiger partial charge in [-0.15, -0.1) is 0 Å². The van der Waals surface area contributed by atoms with Crippen LogP contribution in [-0.4, -0.2) is 28.9 Å². The van der Waals surface area contributed by atoms with Crippen LogP contribution < -0.4 is 14.8 Å². The molecule has 1 aliphatic heterocycles. The SMILES string of the molecule is CC(NC(=O)c1cn(C)nc1-c1ccc2c(c1)OCCCO2)c1ccc(Cl)cc1Cl. The fourth-order valence-electron chi connectivity index (χ4n) is 3.38. The van der Waals surface area contributed by atoms with Gasteiger partial charge in [0.1, 0.15) is 5.69 Å². The van der Waals surface area contributed by atoms with Crippen molar-refractivity contribution in [3.63, 3.8) is 0 Å². The summed E-state index contributed by atoms with van der Waals surface area (Å²) in [5, 5.41) is 8.54. The molecule has 0 bridgehead atoms. The third-order valence-corrected chi connectivity index (χ3v) is 5.43. The molecule has 6 nitrogen and oxygen atoms in total. The number of halogens is 2. The van der Waals surface area contributed by atoms with Crippen LogP contribution in [0, 0.1) is 0 Å². The molecule has 1 amide bonds. The van der Waals surface area contributed by atoms with Gasteiger partial charge in [0, 0.05) is 35.3 Å². The van der Waals surface area contributed by atoms with E-state index in [0.29, 0.717) is 46.0 Å². The van der Waals surface area contributed by atoms with Gasteiger partial charge in [0.25, 0.3) is 5.91 Å². The number of nitrogens with one attached hydrogen (secondary N) is 1. The predicted molar refractivity (Wildman–Crippen MR) is 117 cm³/mol. The highest BCUT2D eigenvalue weighted by Crippen LogP contribution is 2.35. The Balaban J connectivity index is 1.61. The molecular formula is C22H21Cl2N3O3. The molecule has 3 aromatic rings. The van der Waals surface area contributed by atoms with Crippen molar-refractivity contribution in [2.45, 2.75) is 19.4 Å². The maximum Gasteiger partial charge on any atom is 0.255 e. The van der Waals surface area contributed by atoms with Crippen molar-refractivity contribution in [3.05, 3.63) is 63.8 Å². The minimum absolute atomic E-state index is 0.247. The number of fused-ring (bicyclic) bond motifs is 1. The molecule has 0 fully saturated rings. The Labute approximate surface area is 184 Å². The van der Waals surface area contributed by atoms with E-state index in [-0.39, 0.29) is 11.9 Å². The molecule has 1 atom stereocenters. The van der Waals surface area contributed by atoms with E-state index < -0.39 is 0 Å². The first-order chi connectivity index (χ1) is 14.4. The van der Waals surface area contributed by atoms with Gasteiger partial charge in [0.05, 0.1) is 24.8 Å². The lowest BCUT2D eigenvalue weighted by Gasteiger charge is -2.16. The first kappa shape index (κ1) is 20.6. The Morgan fingerprint density at radius 1 is 1.13 bits per heavy atom. The van der Waals surface area contributed by atoms with Crippen LogP contribution >= 0.6 is 23.2 Å². The van der Waals surface area contributed by atoms with E-state index >= 15 is 0 Å². The normalized spacial score (nSPS) is 14.1. The van der Waals surface area contributed by atoms with Crippen molar-refractivity contribution in [3.8, 4) is 22.8 Å². The lowest BCUT2D eigenvalue weighted by Crippen LogP contribution is -2.27. The van der Waals surface area contributed by atoms with Crippen LogP contribution in [0.3, 0.4) is 0 Å². The third-order valence-electron chi connectivity index (χ3n) is 4.87. The molecule has 0 spiro atoms. The van der Waals surface area contributed by atoms with Gasteiger partial charge < -0.3 is 14.8 Å². The molecule has 156 valence electrons. The van der Waals surface area contributed by atoms with Crippen molar-refractivity contribution >= 4 is 29.1 Å². The molecule has 1 unspecified atom stereocenters. The van der Waals surface area contributed by atoms with Gasteiger partial charge in [-0.05, 0) is 42.8 Å². The van der Waals surface area contributed by atoms with Crippen LogP contribution in [0.15, 0.2) is 42.6 Å². The van der Waals surface area contributed by atoms with Crippen LogP contribution in [0.25, 0.3) is 11.3 Å². The van der Waals surface area contributed by atoms with Crippen LogP contribution in [-0.2, 0) is 7.05 Å². The second-order valence-corrected chi connectivity index (χ2v) is 7.98. The van der Waals surface area contributed by atoms with Crippen molar-refractivity contribution in [1.82, 2.24) is 15.1 Å². The number of benzene rings is 2. The van der Waals surface area contributed by atoms with Gasteiger partial charge in [0.2, 0.25) is 0 Å². The van der Waals surface area contributed by atoms with Gasteiger partial charge in [0.15, 0.2) is 11.5 Å². The molecule has 2 heterocycles. The van der Waals surface area contributed by atoms with E-state index in [4.69, 9.17) is 32.7 Å². The van der Waals surface area contributed by atoms with Crippen molar-refractivity contribution in [2.24, 2.45) is 7.05 Å². The highest BCUT2D eigenvalue weighted by Gasteiger charge is 2.22. The van der Waals surface area contributed by atoms with E-state index in [0.717, 1.165) is 17.5 Å². The molecule has 0 aliphatic carbocycles. The number of amides is 1. The van der Waals surface area contributed by atoms with Crippen LogP contribution in [0.2, 0.25) is 10.0 Å². The molecule has 4 rings (SSSR count). The summed E-state index contributed by atoms with van der Waals surface area (Å²) >= 11 is 12.3. The quantitative estimate of drug-likeness (QED) is 0.610. The average Bonchev–Trinajstić information content (AvgIpc) is 2.94. The Bertz CT molecular complexity index is 1100. The van der Waals surface area contributed by atoms with Crippen LogP contribution in [0.5, 0.6) is 11.5 Å². The molecule has 0 saturated heterocycles. The summed E-state index contributed by atoms with van der Waals surface area (Å²) in [5.74, 6) is 1.11. The number of ether oxygens (including phenoxy) is 2. The Kier molecular flexibility index (Phi) is 5.88. The first-order valence-corrected chi connectivity index (χ1v) is 10.4. The lowest BCUT2D eigenvalue weighted by atomic mass is 10.1. The van der Waals surface area contributed by atoms with E-state index in [2.05, 4.69) is 10.4 Å². The van der Waals surface area contributed by atoms with Gasteiger partial charge in [-0.1, -0.05) is 29.3 Å². The standard InChI is InChI=1S/C22H21Cl2N3O3/c1-13(16-6-5-15(23)11-18(16)24)25-22(28)17-12-27(2)26-21(17)14-4-7-19-20(10-14)30-9-3-8-29-19/h4-7,10-13H,3,8-9H2,1-2H3,(H,25,28). The fourth-order valence-corrected chi connectivity index (χ4v) is 3.96. The summed E-state index contributed by atoms with van der Waals surface area (Å²) in [4.78, 5) is 13.1. The molecule has 0 radical (unpaired) electrons. The number of hydrogen-bond donors (Lipinski definition) is 1. The summed E-state index contributed by atoms with van der Waals surface area (Å²) in [6, 6.07) is 10.5. The molecule has 1 N–H and O–H groups in total. The number of aromatic nitrogens is 2. The zero-order valence-electron chi connectivity index (χ0n) is 16.6. The summed E-state index contributed by atoms with van der Waals surface area (Å²) in [5.41, 5.74) is 2.60. The molecule has 8 heteroatoms. The molecule has 30 heavy (non-hydrogen) atoms. The molecule has 1 aromatic heterocycles. The maximum atomic E-state index is 13.1. The lowest BCUT2D eigenvalue weighted by molar-refractivity contribution is 0.0940. The maximum absolute atomic E-state index is 13.1. The van der Waals surface area contributed by atoms with Gasteiger partial charge in [-0.3, -0.25) is 9.48 Å². The Morgan fingerprint density at radius 3 is 2.67 bits per heavy atom. The summed E-state index contributed by atoms with van der Waals surface area (Å²) in [7, 11) is 1.78. The number of nitrogens with zero attached hydrogens (tertiary/aromatic N) is 2. The van der Waals surface area contributed by atoms with E-state index in [1.165, 1.54) is 0 Å². The van der Waals surface area contributed by atoms with Crippen molar-refractivity contribution in [1.29, 1.82) is 0 Å². The topological polar surface area (TPSA) is 65.4 Å². The van der Waals surface area contributed by atoms with Gasteiger partial charge in [-0.2, -0.15) is 5.10 Å². The molecule has 1 aliphatic rings. The second-order valence-electron chi connectivity index (χ2n) is 7.14.